The van der Waals surface area contributed by atoms with Crippen LogP contribution in [0.25, 0.3) is 0 Å². The lowest BCUT2D eigenvalue weighted by Crippen LogP contribution is -2.44. The second-order valence-electron chi connectivity index (χ2n) is 8.39. The second kappa shape index (κ2) is 8.29. The van der Waals surface area contributed by atoms with Crippen molar-refractivity contribution in [2.75, 3.05) is 39.9 Å². The van der Waals surface area contributed by atoms with Gasteiger partial charge < -0.3 is 9.47 Å². The summed E-state index contributed by atoms with van der Waals surface area (Å²) in [6.07, 6.45) is 5.91. The summed E-state index contributed by atoms with van der Waals surface area (Å²) in [5.74, 6) is -0.164. The smallest absolute Gasteiger partial charge is 0.323 e. The van der Waals surface area contributed by atoms with E-state index >= 15 is 0 Å². The summed E-state index contributed by atoms with van der Waals surface area (Å²) in [7, 11) is -2.10. The highest BCUT2D eigenvalue weighted by Gasteiger charge is 2.45. The summed E-state index contributed by atoms with van der Waals surface area (Å²) in [5.41, 5.74) is 0.0291. The van der Waals surface area contributed by atoms with Crippen LogP contribution in [0.2, 0.25) is 0 Å². The molecule has 0 bridgehead atoms. The Bertz CT molecular complexity index is 824. The molecule has 2 atom stereocenters. The lowest BCUT2D eigenvalue weighted by Gasteiger charge is -2.37. The molecular formula is C20H29N3O5S. The Hall–Kier alpha value is -1.55. The number of pyridine rings is 1. The number of carbonyl (C=O) groups excluding carboxylic acids is 1. The van der Waals surface area contributed by atoms with Crippen molar-refractivity contribution in [1.82, 2.24) is 14.2 Å². The van der Waals surface area contributed by atoms with Crippen molar-refractivity contribution < 1.29 is 22.7 Å². The van der Waals surface area contributed by atoms with E-state index in [0.717, 1.165) is 45.2 Å². The van der Waals surface area contributed by atoms with Crippen LogP contribution in [0.1, 0.15) is 32.1 Å². The molecular weight excluding hydrogens is 394 g/mol. The van der Waals surface area contributed by atoms with Crippen LogP contribution < -0.4 is 0 Å². The number of methoxy groups -OCH3 is 1. The first-order valence-electron chi connectivity index (χ1n) is 10.3. The molecule has 3 aliphatic rings. The Labute approximate surface area is 172 Å². The molecule has 4 heterocycles. The highest BCUT2D eigenvalue weighted by atomic mass is 32.2. The Morgan fingerprint density at radius 2 is 2.10 bits per heavy atom. The quantitative estimate of drug-likeness (QED) is 0.659. The van der Waals surface area contributed by atoms with Gasteiger partial charge in [-0.2, -0.15) is 4.31 Å². The maximum Gasteiger partial charge on any atom is 0.323 e. The minimum absolute atomic E-state index is 0.0291. The number of hydrogen-bond donors (Lipinski definition) is 0. The van der Waals surface area contributed by atoms with Gasteiger partial charge in [0.15, 0.2) is 5.03 Å². The van der Waals surface area contributed by atoms with Crippen LogP contribution in [0.5, 0.6) is 0 Å². The third-order valence-corrected chi connectivity index (χ3v) is 8.40. The second-order valence-corrected chi connectivity index (χ2v) is 10.3. The molecule has 3 aliphatic heterocycles. The molecule has 9 heteroatoms. The van der Waals surface area contributed by atoms with Crippen molar-refractivity contribution in [3.05, 3.63) is 24.4 Å². The fraction of sp³-hybridized carbons (Fsp3) is 0.700. The number of rotatable bonds is 5. The highest BCUT2D eigenvalue weighted by Crippen LogP contribution is 2.43. The summed E-state index contributed by atoms with van der Waals surface area (Å²) in [5, 5.41) is 0.111. The first-order chi connectivity index (χ1) is 13.9. The third kappa shape index (κ3) is 4.19. The van der Waals surface area contributed by atoms with E-state index in [-0.39, 0.29) is 28.6 Å². The van der Waals surface area contributed by atoms with Crippen LogP contribution in [0, 0.1) is 5.41 Å². The Morgan fingerprint density at radius 3 is 2.79 bits per heavy atom. The van der Waals surface area contributed by atoms with Crippen molar-refractivity contribution in [1.29, 1.82) is 0 Å². The van der Waals surface area contributed by atoms with Gasteiger partial charge in [-0.1, -0.05) is 6.07 Å². The molecule has 3 saturated heterocycles. The highest BCUT2D eigenvalue weighted by molar-refractivity contribution is 7.89. The number of nitrogens with zero attached hydrogens (tertiary/aromatic N) is 3. The van der Waals surface area contributed by atoms with Crippen molar-refractivity contribution in [2.24, 2.45) is 5.41 Å². The standard InChI is InChI=1S/C20H29N3O5S/c1-27-19(24)17-5-4-10-22(17)14-16-13-20(15-28-16)7-11-23(12-8-20)29(25,26)18-6-2-3-9-21-18/h2-3,6,9,16-17H,4-5,7-8,10-15H2,1H3. The van der Waals surface area contributed by atoms with Crippen molar-refractivity contribution in [2.45, 2.75) is 49.3 Å². The summed E-state index contributed by atoms with van der Waals surface area (Å²) in [4.78, 5) is 18.2. The molecule has 0 amide bonds. The number of sulfonamides is 1. The number of ether oxygens (including phenoxy) is 2. The molecule has 160 valence electrons. The molecule has 4 rings (SSSR count). The summed E-state index contributed by atoms with van der Waals surface area (Å²) in [6.45, 7) is 3.26. The van der Waals surface area contributed by atoms with Crippen molar-refractivity contribution in [3.8, 4) is 0 Å². The number of aromatic nitrogens is 1. The van der Waals surface area contributed by atoms with Crippen LogP contribution in [0.4, 0.5) is 0 Å². The Morgan fingerprint density at radius 1 is 1.31 bits per heavy atom. The van der Waals surface area contributed by atoms with Crippen LogP contribution in [-0.2, 0) is 24.3 Å². The lowest BCUT2D eigenvalue weighted by molar-refractivity contribution is -0.146. The first kappa shape index (κ1) is 20.7. The van der Waals surface area contributed by atoms with E-state index in [4.69, 9.17) is 9.47 Å². The molecule has 0 N–H and O–H groups in total. The van der Waals surface area contributed by atoms with Gasteiger partial charge >= 0.3 is 5.97 Å². The van der Waals surface area contributed by atoms with Crippen molar-refractivity contribution in [3.63, 3.8) is 0 Å². The Kier molecular flexibility index (Phi) is 5.92. The maximum absolute atomic E-state index is 12.8. The first-order valence-corrected chi connectivity index (χ1v) is 11.7. The molecule has 0 saturated carbocycles. The molecule has 0 aliphatic carbocycles. The van der Waals surface area contributed by atoms with Gasteiger partial charge in [-0.25, -0.2) is 13.4 Å². The monoisotopic (exact) mass is 423 g/mol. The molecule has 0 aromatic carbocycles. The lowest BCUT2D eigenvalue weighted by atomic mass is 9.77. The van der Waals surface area contributed by atoms with Gasteiger partial charge in [-0.05, 0) is 56.2 Å². The van der Waals surface area contributed by atoms with Gasteiger partial charge in [0, 0.05) is 25.8 Å². The van der Waals surface area contributed by atoms with E-state index in [9.17, 15) is 13.2 Å². The number of esters is 1. The largest absolute Gasteiger partial charge is 0.468 e. The predicted molar refractivity (Wildman–Crippen MR) is 106 cm³/mol. The average molecular weight is 424 g/mol. The van der Waals surface area contributed by atoms with Gasteiger partial charge in [0.1, 0.15) is 6.04 Å². The third-order valence-electron chi connectivity index (χ3n) is 6.59. The minimum atomic E-state index is -3.54. The fourth-order valence-corrected chi connectivity index (χ4v) is 6.28. The predicted octanol–water partition coefficient (Wildman–Crippen LogP) is 1.28. The van der Waals surface area contributed by atoms with Gasteiger partial charge in [-0.15, -0.1) is 0 Å². The van der Waals surface area contributed by atoms with Crippen LogP contribution >= 0.6 is 0 Å². The fourth-order valence-electron chi connectivity index (χ4n) is 4.90. The van der Waals surface area contributed by atoms with Gasteiger partial charge in [0.25, 0.3) is 10.0 Å². The topological polar surface area (TPSA) is 89.0 Å². The van der Waals surface area contributed by atoms with Crippen LogP contribution in [-0.4, -0.2) is 80.6 Å². The number of piperidine rings is 1. The summed E-state index contributed by atoms with van der Waals surface area (Å²) < 4.78 is 38.2. The van der Waals surface area contributed by atoms with E-state index in [1.165, 1.54) is 13.3 Å². The number of hydrogen-bond acceptors (Lipinski definition) is 7. The molecule has 1 aromatic heterocycles. The number of carbonyl (C=O) groups is 1. The zero-order valence-electron chi connectivity index (χ0n) is 16.8. The Balaban J connectivity index is 1.34. The molecule has 2 unspecified atom stereocenters. The van der Waals surface area contributed by atoms with E-state index in [0.29, 0.717) is 19.7 Å². The SMILES string of the molecule is COC(=O)C1CCCN1CC1CC2(CCN(S(=O)(=O)c3ccccn3)CC2)CO1. The molecule has 1 aromatic rings. The van der Waals surface area contributed by atoms with Gasteiger partial charge in [-0.3, -0.25) is 9.69 Å². The molecule has 8 nitrogen and oxygen atoms in total. The number of likely N-dealkylation sites (tertiary alicyclic amines) is 1. The van der Waals surface area contributed by atoms with Crippen molar-refractivity contribution >= 4 is 16.0 Å². The molecule has 0 radical (unpaired) electrons. The minimum Gasteiger partial charge on any atom is -0.468 e. The average Bonchev–Trinajstić information content (AvgIpc) is 3.36. The summed E-state index contributed by atoms with van der Waals surface area (Å²) in [6, 6.07) is 4.79. The van der Waals surface area contributed by atoms with Crippen LogP contribution in [0.3, 0.4) is 0 Å². The zero-order chi connectivity index (χ0) is 20.5. The van der Waals surface area contributed by atoms with Crippen LogP contribution in [0.15, 0.2) is 29.4 Å². The molecule has 1 spiro atoms. The van der Waals surface area contributed by atoms with Gasteiger partial charge in [0.2, 0.25) is 0 Å². The zero-order valence-corrected chi connectivity index (χ0v) is 17.6. The van der Waals surface area contributed by atoms with Gasteiger partial charge in [0.05, 0.1) is 19.8 Å². The normalized spacial score (nSPS) is 28.0. The van der Waals surface area contributed by atoms with E-state index in [1.54, 1.807) is 22.5 Å². The molecule has 3 fully saturated rings. The van der Waals surface area contributed by atoms with E-state index < -0.39 is 10.0 Å². The van der Waals surface area contributed by atoms with E-state index in [2.05, 4.69) is 9.88 Å². The maximum atomic E-state index is 12.8. The van der Waals surface area contributed by atoms with E-state index in [1.807, 2.05) is 0 Å². The molecule has 29 heavy (non-hydrogen) atoms. The summed E-state index contributed by atoms with van der Waals surface area (Å²) >= 11 is 0.